The molecule has 1 saturated heterocycles. The summed E-state index contributed by atoms with van der Waals surface area (Å²) in [7, 11) is 1.54. The Bertz CT molecular complexity index is 1150. The number of hydrogen-bond acceptors (Lipinski definition) is 7. The summed E-state index contributed by atoms with van der Waals surface area (Å²) in [5, 5.41) is 7.39. The number of aromatic nitrogens is 4. The number of aryl methyl sites for hydroxylation is 3. The van der Waals surface area contributed by atoms with E-state index in [1.165, 1.54) is 29.4 Å². The summed E-state index contributed by atoms with van der Waals surface area (Å²) in [5.74, 6) is 1.20. The van der Waals surface area contributed by atoms with Gasteiger partial charge >= 0.3 is 0 Å². The summed E-state index contributed by atoms with van der Waals surface area (Å²) in [6.07, 6.45) is 0. The molecule has 1 aliphatic heterocycles. The highest BCUT2D eigenvalue weighted by Gasteiger charge is 2.25. The topological polar surface area (TPSA) is 96.2 Å². The van der Waals surface area contributed by atoms with Crippen LogP contribution in [-0.2, 0) is 7.05 Å². The molecule has 2 aromatic heterocycles. The lowest BCUT2D eigenvalue weighted by Crippen LogP contribution is -2.49. The fourth-order valence-corrected chi connectivity index (χ4v) is 3.43. The second kappa shape index (κ2) is 8.55. The largest absolute Gasteiger partial charge is 0.340 e. The number of anilines is 3. The van der Waals surface area contributed by atoms with E-state index in [0.29, 0.717) is 32.1 Å². The highest BCUT2D eigenvalue weighted by Crippen LogP contribution is 2.20. The van der Waals surface area contributed by atoms with Gasteiger partial charge in [0.05, 0.1) is 0 Å². The number of carbonyl (C=O) groups excluding carboxylic acids is 1. The van der Waals surface area contributed by atoms with Gasteiger partial charge in [0.25, 0.3) is 11.5 Å². The van der Waals surface area contributed by atoms with Crippen LogP contribution in [0.25, 0.3) is 0 Å². The third-order valence-electron chi connectivity index (χ3n) is 5.20. The number of rotatable bonds is 4. The van der Waals surface area contributed by atoms with Crippen molar-refractivity contribution in [2.45, 2.75) is 13.8 Å². The lowest BCUT2D eigenvalue weighted by Gasteiger charge is -2.34. The SMILES string of the molecule is Cc1ccc(Nc2cc(C)nc(N3CCN(C(=O)c4ccc(=O)n(C)n4)CC3)n2)cc1. The predicted octanol–water partition coefficient (Wildman–Crippen LogP) is 1.89. The maximum atomic E-state index is 12.7. The summed E-state index contributed by atoms with van der Waals surface area (Å²) >= 11 is 0. The quantitative estimate of drug-likeness (QED) is 0.690. The zero-order valence-corrected chi connectivity index (χ0v) is 17.9. The molecule has 9 nitrogen and oxygen atoms in total. The standard InChI is InChI=1S/C22H25N7O2/c1-15-4-6-17(7-5-15)24-19-14-16(2)23-22(25-19)29-12-10-28(11-13-29)21(31)18-8-9-20(30)27(3)26-18/h4-9,14H,10-13H2,1-3H3,(H,23,24,25). The molecule has 0 radical (unpaired) electrons. The number of nitrogens with zero attached hydrogens (tertiary/aromatic N) is 6. The minimum absolute atomic E-state index is 0.179. The van der Waals surface area contributed by atoms with Crippen molar-refractivity contribution in [3.63, 3.8) is 0 Å². The van der Waals surface area contributed by atoms with Crippen LogP contribution in [0.2, 0.25) is 0 Å². The Balaban J connectivity index is 1.44. The molecule has 31 heavy (non-hydrogen) atoms. The van der Waals surface area contributed by atoms with Crippen LogP contribution < -0.4 is 15.8 Å². The molecular weight excluding hydrogens is 394 g/mol. The summed E-state index contributed by atoms with van der Waals surface area (Å²) < 4.78 is 1.17. The molecule has 1 amide bonds. The number of amides is 1. The van der Waals surface area contributed by atoms with Gasteiger partial charge in [-0.05, 0) is 32.0 Å². The highest BCUT2D eigenvalue weighted by atomic mass is 16.2. The van der Waals surface area contributed by atoms with E-state index in [1.807, 2.05) is 37.3 Å². The molecule has 1 fully saturated rings. The summed E-state index contributed by atoms with van der Waals surface area (Å²) in [5.41, 5.74) is 3.06. The first-order valence-electron chi connectivity index (χ1n) is 10.2. The van der Waals surface area contributed by atoms with Crippen LogP contribution in [0.1, 0.15) is 21.7 Å². The van der Waals surface area contributed by atoms with Crippen LogP contribution in [0.15, 0.2) is 47.3 Å². The number of benzene rings is 1. The van der Waals surface area contributed by atoms with Crippen molar-refractivity contribution in [3.05, 3.63) is 69.8 Å². The van der Waals surface area contributed by atoms with Crippen LogP contribution in [0.3, 0.4) is 0 Å². The Morgan fingerprint density at radius 2 is 1.68 bits per heavy atom. The third kappa shape index (κ3) is 4.71. The van der Waals surface area contributed by atoms with Crippen LogP contribution in [0, 0.1) is 13.8 Å². The Hall–Kier alpha value is -3.75. The Morgan fingerprint density at radius 3 is 2.35 bits per heavy atom. The van der Waals surface area contributed by atoms with Crippen molar-refractivity contribution in [1.82, 2.24) is 24.6 Å². The van der Waals surface area contributed by atoms with Gasteiger partial charge in [-0.15, -0.1) is 0 Å². The van der Waals surface area contributed by atoms with Crippen molar-refractivity contribution in [2.75, 3.05) is 36.4 Å². The van der Waals surface area contributed by atoms with Crippen molar-refractivity contribution in [2.24, 2.45) is 7.05 Å². The summed E-state index contributed by atoms with van der Waals surface area (Å²) in [6, 6.07) is 12.9. The molecule has 160 valence electrons. The van der Waals surface area contributed by atoms with Crippen LogP contribution in [0.4, 0.5) is 17.5 Å². The second-order valence-electron chi connectivity index (χ2n) is 7.65. The molecule has 3 aromatic rings. The normalized spacial score (nSPS) is 13.9. The van der Waals surface area contributed by atoms with Crippen LogP contribution in [-0.4, -0.2) is 56.7 Å². The van der Waals surface area contributed by atoms with Crippen LogP contribution >= 0.6 is 0 Å². The van der Waals surface area contributed by atoms with E-state index in [9.17, 15) is 9.59 Å². The molecule has 0 spiro atoms. The number of piperazine rings is 1. The minimum Gasteiger partial charge on any atom is -0.340 e. The van der Waals surface area contributed by atoms with Gasteiger partial charge in [-0.2, -0.15) is 10.1 Å². The highest BCUT2D eigenvalue weighted by molar-refractivity contribution is 5.92. The fraction of sp³-hybridized carbons (Fsp3) is 0.318. The Kier molecular flexibility index (Phi) is 5.66. The average molecular weight is 419 g/mol. The molecule has 1 aromatic carbocycles. The van der Waals surface area contributed by atoms with Crippen molar-refractivity contribution < 1.29 is 4.79 Å². The monoisotopic (exact) mass is 419 g/mol. The van der Waals surface area contributed by atoms with Crippen molar-refractivity contribution >= 4 is 23.4 Å². The van der Waals surface area contributed by atoms with E-state index >= 15 is 0 Å². The summed E-state index contributed by atoms with van der Waals surface area (Å²) in [4.78, 5) is 37.3. The van der Waals surface area contributed by atoms with Gasteiger partial charge in [-0.3, -0.25) is 9.59 Å². The average Bonchev–Trinajstić information content (AvgIpc) is 2.76. The first-order chi connectivity index (χ1) is 14.9. The van der Waals surface area contributed by atoms with Gasteiger partial charge in [-0.1, -0.05) is 17.7 Å². The van der Waals surface area contributed by atoms with Gasteiger partial charge in [0, 0.05) is 56.7 Å². The van der Waals surface area contributed by atoms with Gasteiger partial charge in [-0.25, -0.2) is 9.67 Å². The van der Waals surface area contributed by atoms with E-state index in [0.717, 1.165) is 17.2 Å². The Labute approximate surface area is 180 Å². The third-order valence-corrected chi connectivity index (χ3v) is 5.20. The molecule has 4 rings (SSSR count). The molecule has 0 unspecified atom stereocenters. The molecule has 0 atom stereocenters. The lowest BCUT2D eigenvalue weighted by molar-refractivity contribution is 0.0737. The molecule has 9 heteroatoms. The van der Waals surface area contributed by atoms with E-state index in [-0.39, 0.29) is 17.2 Å². The molecule has 1 aliphatic rings. The van der Waals surface area contributed by atoms with E-state index in [1.54, 1.807) is 4.90 Å². The molecule has 3 heterocycles. The number of hydrogen-bond donors (Lipinski definition) is 1. The fourth-order valence-electron chi connectivity index (χ4n) is 3.43. The number of nitrogens with one attached hydrogen (secondary N) is 1. The first-order valence-corrected chi connectivity index (χ1v) is 10.2. The van der Waals surface area contributed by atoms with Gasteiger partial charge < -0.3 is 15.1 Å². The molecule has 0 saturated carbocycles. The van der Waals surface area contributed by atoms with Crippen molar-refractivity contribution in [1.29, 1.82) is 0 Å². The lowest BCUT2D eigenvalue weighted by atomic mass is 10.2. The van der Waals surface area contributed by atoms with E-state index in [4.69, 9.17) is 0 Å². The van der Waals surface area contributed by atoms with Gasteiger partial charge in [0.1, 0.15) is 11.5 Å². The number of carbonyl (C=O) groups is 1. The van der Waals surface area contributed by atoms with E-state index in [2.05, 4.69) is 32.2 Å². The molecule has 1 N–H and O–H groups in total. The zero-order valence-electron chi connectivity index (χ0n) is 17.9. The zero-order chi connectivity index (χ0) is 22.0. The Morgan fingerprint density at radius 1 is 0.968 bits per heavy atom. The molecular formula is C22H25N7O2. The second-order valence-corrected chi connectivity index (χ2v) is 7.65. The first kappa shape index (κ1) is 20.5. The van der Waals surface area contributed by atoms with Crippen molar-refractivity contribution in [3.8, 4) is 0 Å². The molecule has 0 aliphatic carbocycles. The summed E-state index contributed by atoms with van der Waals surface area (Å²) in [6.45, 7) is 6.28. The van der Waals surface area contributed by atoms with Gasteiger partial charge in [0.15, 0.2) is 0 Å². The smallest absolute Gasteiger partial charge is 0.274 e. The van der Waals surface area contributed by atoms with Crippen LogP contribution in [0.5, 0.6) is 0 Å². The minimum atomic E-state index is -0.243. The maximum Gasteiger partial charge on any atom is 0.274 e. The maximum absolute atomic E-state index is 12.7. The van der Waals surface area contributed by atoms with E-state index < -0.39 is 0 Å². The van der Waals surface area contributed by atoms with Gasteiger partial charge in [0.2, 0.25) is 5.95 Å². The molecule has 0 bridgehead atoms. The predicted molar refractivity (Wildman–Crippen MR) is 119 cm³/mol.